The second-order valence-electron chi connectivity index (χ2n) is 24.2. The van der Waals surface area contributed by atoms with E-state index in [1.807, 2.05) is 47.6 Å². The number of carbonyl (C=O) groups is 4. The SMILES string of the molecule is C=C(NCCCNCC1=CC[C@@H](NC(=O)CC(C)(C)C)[C@@H](C[C@@H]2C(NC(=O)OC(C)(C)C)C[C@@H](NC(=O)C(O)(CC)CC)[C@H](OC3OC[C@](C)(O)[C@H](C(C)C(=O)OC(C)(C)C)C3O)[C@H]2O)O1)OC(C)(C)C. The van der Waals surface area contributed by atoms with Crippen LogP contribution in [0.5, 0.6) is 0 Å². The van der Waals surface area contributed by atoms with Crippen LogP contribution in [0.2, 0.25) is 0 Å². The molecule has 2 aliphatic heterocycles. The van der Waals surface area contributed by atoms with Gasteiger partial charge in [-0.05, 0) is 132 Å². The number of rotatable bonds is 21. The number of aliphatic hydroxyl groups excluding tert-OH is 2. The topological polar surface area (TPSA) is 265 Å². The van der Waals surface area contributed by atoms with Crippen molar-refractivity contribution in [2.24, 2.45) is 23.2 Å². The molecule has 71 heavy (non-hydrogen) atoms. The molecule has 0 bridgehead atoms. The zero-order valence-corrected chi connectivity index (χ0v) is 45.8. The summed E-state index contributed by atoms with van der Waals surface area (Å²) in [6.07, 6.45) is -4.32. The fourth-order valence-electron chi connectivity index (χ4n) is 9.33. The van der Waals surface area contributed by atoms with Crippen molar-refractivity contribution >= 4 is 23.9 Å². The summed E-state index contributed by atoms with van der Waals surface area (Å²) in [7, 11) is 0. The van der Waals surface area contributed by atoms with Crippen LogP contribution in [0.3, 0.4) is 0 Å². The molecule has 0 aromatic carbocycles. The van der Waals surface area contributed by atoms with E-state index in [2.05, 4.69) is 33.2 Å². The van der Waals surface area contributed by atoms with Crippen LogP contribution in [0.25, 0.3) is 0 Å². The average Bonchev–Trinajstić information content (AvgIpc) is 3.20. The minimum atomic E-state index is -1.80. The number of hydrogen-bond acceptors (Lipinski definition) is 16. The third kappa shape index (κ3) is 19.6. The lowest BCUT2D eigenvalue weighted by Crippen LogP contribution is -2.67. The summed E-state index contributed by atoms with van der Waals surface area (Å²) < 4.78 is 36.4. The summed E-state index contributed by atoms with van der Waals surface area (Å²) in [5.41, 5.74) is -5.99. The van der Waals surface area contributed by atoms with Gasteiger partial charge in [-0.1, -0.05) is 41.5 Å². The van der Waals surface area contributed by atoms with E-state index in [9.17, 15) is 39.6 Å². The number of ether oxygens (including phenoxy) is 6. The largest absolute Gasteiger partial charge is 0.492 e. The van der Waals surface area contributed by atoms with Gasteiger partial charge in [0.05, 0.1) is 42.9 Å². The average molecular weight is 1010 g/mol. The Labute approximate surface area is 423 Å². The van der Waals surface area contributed by atoms with Gasteiger partial charge in [-0.3, -0.25) is 14.4 Å². The Balaban J connectivity index is 2.07. The highest BCUT2D eigenvalue weighted by molar-refractivity contribution is 5.85. The molecule has 0 radical (unpaired) electrons. The van der Waals surface area contributed by atoms with Gasteiger partial charge < -0.3 is 75.4 Å². The van der Waals surface area contributed by atoms with Crippen LogP contribution in [0, 0.1) is 23.2 Å². The number of amides is 3. The molecule has 3 rings (SSSR count). The molecule has 3 aliphatic rings. The maximum atomic E-state index is 14.0. The lowest BCUT2D eigenvalue weighted by atomic mass is 9.73. The number of alkyl carbamates (subject to hydrolysis) is 1. The van der Waals surface area contributed by atoms with Crippen molar-refractivity contribution in [3.05, 3.63) is 24.3 Å². The zero-order valence-electron chi connectivity index (χ0n) is 45.8. The van der Waals surface area contributed by atoms with Gasteiger partial charge in [0.15, 0.2) is 12.2 Å². The van der Waals surface area contributed by atoms with E-state index in [1.165, 1.54) is 13.8 Å². The molecule has 0 spiro atoms. The molecule has 1 saturated heterocycles. The van der Waals surface area contributed by atoms with E-state index in [0.717, 1.165) is 6.42 Å². The normalized spacial score (nSPS) is 29.1. The Morgan fingerprint density at radius 3 is 2.01 bits per heavy atom. The van der Waals surface area contributed by atoms with E-state index in [0.29, 0.717) is 37.7 Å². The van der Waals surface area contributed by atoms with Crippen LogP contribution in [-0.2, 0) is 42.8 Å². The summed E-state index contributed by atoms with van der Waals surface area (Å²) >= 11 is 0. The summed E-state index contributed by atoms with van der Waals surface area (Å²) in [5, 5.41) is 63.3. The van der Waals surface area contributed by atoms with Gasteiger partial charge in [0.25, 0.3) is 5.91 Å². The van der Waals surface area contributed by atoms with Crippen LogP contribution < -0.4 is 26.6 Å². The Morgan fingerprint density at radius 2 is 1.45 bits per heavy atom. The van der Waals surface area contributed by atoms with Gasteiger partial charge in [-0.25, -0.2) is 4.79 Å². The molecule has 2 fully saturated rings. The molecule has 12 atom stereocenters. The molecule has 1 saturated carbocycles. The number of esters is 1. The Bertz CT molecular complexity index is 1810. The maximum absolute atomic E-state index is 14.0. The number of hydrogen-bond donors (Lipinski definition) is 9. The fraction of sp³-hybridized carbons (Fsp3) is 0.846. The molecule has 19 nitrogen and oxygen atoms in total. The summed E-state index contributed by atoms with van der Waals surface area (Å²) in [5.74, 6) is -3.64. The molecule has 9 N–H and O–H groups in total. The maximum Gasteiger partial charge on any atom is 0.407 e. The third-order valence-electron chi connectivity index (χ3n) is 12.8. The Hall–Kier alpha value is -3.72. The van der Waals surface area contributed by atoms with Crippen LogP contribution >= 0.6 is 0 Å². The Kier molecular flexibility index (Phi) is 21.7. The molecular weight excluding hydrogens is 919 g/mol. The van der Waals surface area contributed by atoms with E-state index >= 15 is 0 Å². The molecule has 0 aromatic rings. The smallest absolute Gasteiger partial charge is 0.407 e. The van der Waals surface area contributed by atoms with Crippen molar-refractivity contribution in [1.82, 2.24) is 26.6 Å². The number of nitrogens with one attached hydrogen (secondary N) is 5. The van der Waals surface area contributed by atoms with Gasteiger partial charge in [0, 0.05) is 30.8 Å². The highest BCUT2D eigenvalue weighted by atomic mass is 16.7. The van der Waals surface area contributed by atoms with E-state index < -0.39 is 107 Å². The number of aliphatic hydroxyl groups is 4. The van der Waals surface area contributed by atoms with Gasteiger partial charge in [-0.2, -0.15) is 0 Å². The number of carbonyl (C=O) groups excluding carboxylic acids is 4. The minimum Gasteiger partial charge on any atom is -0.492 e. The van der Waals surface area contributed by atoms with Gasteiger partial charge in [-0.15, -0.1) is 0 Å². The first-order valence-electron chi connectivity index (χ1n) is 25.6. The van der Waals surface area contributed by atoms with Gasteiger partial charge in [0.1, 0.15) is 46.5 Å². The Morgan fingerprint density at radius 1 is 0.845 bits per heavy atom. The van der Waals surface area contributed by atoms with Crippen molar-refractivity contribution in [3.8, 4) is 0 Å². The second kappa shape index (κ2) is 25.0. The second-order valence-corrected chi connectivity index (χ2v) is 24.2. The molecule has 3 amide bonds. The first kappa shape index (κ1) is 61.6. The van der Waals surface area contributed by atoms with Crippen LogP contribution in [0.15, 0.2) is 24.3 Å². The molecule has 410 valence electrons. The predicted molar refractivity (Wildman–Crippen MR) is 268 cm³/mol. The molecule has 0 aromatic heterocycles. The predicted octanol–water partition coefficient (Wildman–Crippen LogP) is 4.58. The summed E-state index contributed by atoms with van der Waals surface area (Å²) in [6, 6.07) is -2.62. The van der Waals surface area contributed by atoms with Crippen molar-refractivity contribution in [3.63, 3.8) is 0 Å². The minimum absolute atomic E-state index is 0.0364. The molecule has 4 unspecified atom stereocenters. The standard InChI is InChI=1S/C52H93N5O14/c1-18-52(65,19-2)45(62)56-36-26-35(57-46(63)71-50(14,15)16)33(40(59)42(36)68-44-41(60)39(51(17,64)29-66-44)30(3)43(61)70-49(11,12)13)25-37-34(55-38(58)27-47(5,6)7)22-21-32(67-37)28-53-23-20-24-54-31(4)69-48(8,9)10/h21,30,33-37,39-42,44,53-54,59-60,64-65H,4,18-20,22-29H2,1-3,5-17H3,(H,55,58)(H,56,62)(H,57,63)/t30?,33-,34-,35?,36-,37-,39-,40+,41?,42+,44?,51+/m1/s1. The molecule has 2 heterocycles. The molecular formula is C52H93N5O14. The van der Waals surface area contributed by atoms with E-state index in [-0.39, 0.29) is 55.6 Å². The highest BCUT2D eigenvalue weighted by Crippen LogP contribution is 2.41. The van der Waals surface area contributed by atoms with Crippen molar-refractivity contribution in [2.75, 3.05) is 26.2 Å². The monoisotopic (exact) mass is 1010 g/mol. The van der Waals surface area contributed by atoms with Gasteiger partial charge in [0.2, 0.25) is 5.91 Å². The fourth-order valence-corrected chi connectivity index (χ4v) is 9.33. The van der Waals surface area contributed by atoms with Crippen LogP contribution in [-0.4, -0.2) is 147 Å². The van der Waals surface area contributed by atoms with Gasteiger partial charge >= 0.3 is 12.1 Å². The van der Waals surface area contributed by atoms with Crippen molar-refractivity contribution in [1.29, 1.82) is 0 Å². The highest BCUT2D eigenvalue weighted by Gasteiger charge is 2.55. The van der Waals surface area contributed by atoms with Crippen molar-refractivity contribution in [2.45, 2.75) is 233 Å². The first-order chi connectivity index (χ1) is 32.5. The lowest BCUT2D eigenvalue weighted by molar-refractivity contribution is -0.312. The van der Waals surface area contributed by atoms with Crippen molar-refractivity contribution < 1.29 is 68.0 Å². The van der Waals surface area contributed by atoms with E-state index in [4.69, 9.17) is 28.4 Å². The summed E-state index contributed by atoms with van der Waals surface area (Å²) in [4.78, 5) is 54.6. The first-order valence-corrected chi connectivity index (χ1v) is 25.6. The molecule has 19 heteroatoms. The van der Waals surface area contributed by atoms with Crippen LogP contribution in [0.4, 0.5) is 4.79 Å². The van der Waals surface area contributed by atoms with E-state index in [1.54, 1.807) is 55.4 Å². The third-order valence-corrected chi connectivity index (χ3v) is 12.8. The van der Waals surface area contributed by atoms with Crippen LogP contribution in [0.1, 0.15) is 156 Å². The molecule has 1 aliphatic carbocycles. The zero-order chi connectivity index (χ0) is 54.1. The lowest BCUT2D eigenvalue weighted by Gasteiger charge is -2.50. The summed E-state index contributed by atoms with van der Waals surface area (Å²) in [6.45, 7) is 33.4. The quantitative estimate of drug-likeness (QED) is 0.0433.